The Kier molecular flexibility index (Phi) is 6.34. The Morgan fingerprint density at radius 3 is 2.63 bits per heavy atom. The van der Waals surface area contributed by atoms with Gasteiger partial charge in [0.15, 0.2) is 0 Å². The number of carbonyl (C=O) groups excluding carboxylic acids is 1. The number of nitrogens with zero attached hydrogens (tertiary/aromatic N) is 4. The Hall–Kier alpha value is -1.70. The molecule has 1 saturated heterocycles. The second-order valence-corrected chi connectivity index (χ2v) is 7.70. The predicted molar refractivity (Wildman–Crippen MR) is 104 cm³/mol. The summed E-state index contributed by atoms with van der Waals surface area (Å²) < 4.78 is 7.25. The molecule has 3 atom stereocenters. The minimum Gasteiger partial charge on any atom is -0.389 e. The number of rotatable bonds is 4. The molecule has 0 unspecified atom stereocenters. The monoisotopic (exact) mass is 376 g/mol. The van der Waals surface area contributed by atoms with Gasteiger partial charge in [-0.25, -0.2) is 0 Å². The minimum atomic E-state index is -0.527. The second-order valence-electron chi connectivity index (χ2n) is 7.70. The summed E-state index contributed by atoms with van der Waals surface area (Å²) in [6, 6.07) is -0.0467. The van der Waals surface area contributed by atoms with Crippen LogP contribution in [0.5, 0.6) is 0 Å². The molecule has 2 aliphatic rings. The lowest BCUT2D eigenvalue weighted by Crippen LogP contribution is -2.58. The molecule has 1 aromatic heterocycles. The standard InChI is InChI=1S/C20H32N4O3/c1-14-16(15(2)23(4)21-14)8-9-19(25)22(3)17-6-5-7-18(20(17)26)24-10-12-27-13-11-24/h8-9,17-18,20,26H,5-7,10-13H2,1-4H3/b9-8+/t17-,18-,20-/m1/s1. The van der Waals surface area contributed by atoms with Crippen molar-refractivity contribution in [3.63, 3.8) is 0 Å². The molecule has 2 fully saturated rings. The Morgan fingerprint density at radius 2 is 2.00 bits per heavy atom. The van der Waals surface area contributed by atoms with Crippen LogP contribution in [0.2, 0.25) is 0 Å². The molecule has 3 rings (SSSR count). The quantitative estimate of drug-likeness (QED) is 0.798. The van der Waals surface area contributed by atoms with Gasteiger partial charge in [0.05, 0.1) is 31.1 Å². The molecule has 1 aromatic rings. The van der Waals surface area contributed by atoms with Gasteiger partial charge in [0.25, 0.3) is 0 Å². The number of ether oxygens (including phenoxy) is 1. The summed E-state index contributed by atoms with van der Waals surface area (Å²) in [7, 11) is 3.70. The Labute approximate surface area is 161 Å². The Morgan fingerprint density at radius 1 is 1.30 bits per heavy atom. The van der Waals surface area contributed by atoms with Crippen LogP contribution >= 0.6 is 0 Å². The van der Waals surface area contributed by atoms with Gasteiger partial charge in [0.1, 0.15) is 0 Å². The number of aromatic nitrogens is 2. The maximum absolute atomic E-state index is 12.7. The highest BCUT2D eigenvalue weighted by Gasteiger charge is 2.38. The molecule has 0 spiro atoms. The number of aliphatic hydroxyl groups is 1. The number of aliphatic hydroxyl groups excluding tert-OH is 1. The molecule has 0 radical (unpaired) electrons. The highest BCUT2D eigenvalue weighted by Crippen LogP contribution is 2.27. The zero-order valence-electron chi connectivity index (χ0n) is 16.9. The number of carbonyl (C=O) groups is 1. The maximum atomic E-state index is 12.7. The largest absolute Gasteiger partial charge is 0.389 e. The molecule has 1 aliphatic carbocycles. The fourth-order valence-corrected chi connectivity index (χ4v) is 4.33. The van der Waals surface area contributed by atoms with E-state index >= 15 is 0 Å². The van der Waals surface area contributed by atoms with E-state index in [4.69, 9.17) is 4.74 Å². The van der Waals surface area contributed by atoms with Crippen LogP contribution in [0.25, 0.3) is 6.08 Å². The molecule has 0 bridgehead atoms. The Bertz CT molecular complexity index is 694. The van der Waals surface area contributed by atoms with Crippen molar-refractivity contribution in [2.45, 2.75) is 51.3 Å². The van der Waals surface area contributed by atoms with Crippen molar-refractivity contribution in [2.24, 2.45) is 7.05 Å². The van der Waals surface area contributed by atoms with Gasteiger partial charge in [-0.15, -0.1) is 0 Å². The molecular weight excluding hydrogens is 344 g/mol. The molecule has 1 aliphatic heterocycles. The predicted octanol–water partition coefficient (Wildman–Crippen LogP) is 1.12. The third-order valence-electron chi connectivity index (χ3n) is 6.11. The third-order valence-corrected chi connectivity index (χ3v) is 6.11. The third kappa shape index (κ3) is 4.25. The first-order chi connectivity index (χ1) is 12.9. The smallest absolute Gasteiger partial charge is 0.246 e. The van der Waals surface area contributed by atoms with Gasteiger partial charge >= 0.3 is 0 Å². The molecule has 7 heteroatoms. The van der Waals surface area contributed by atoms with E-state index in [1.54, 1.807) is 18.0 Å². The van der Waals surface area contributed by atoms with E-state index in [2.05, 4.69) is 10.00 Å². The van der Waals surface area contributed by atoms with Crippen molar-refractivity contribution < 1.29 is 14.6 Å². The van der Waals surface area contributed by atoms with Crippen LogP contribution in [-0.2, 0) is 16.6 Å². The summed E-state index contributed by atoms with van der Waals surface area (Å²) in [5.74, 6) is -0.0793. The summed E-state index contributed by atoms with van der Waals surface area (Å²) in [5.41, 5.74) is 2.92. The number of hydrogen-bond acceptors (Lipinski definition) is 5. The van der Waals surface area contributed by atoms with Gasteiger partial charge in [-0.2, -0.15) is 5.10 Å². The van der Waals surface area contributed by atoms with E-state index in [0.717, 1.165) is 62.5 Å². The molecule has 27 heavy (non-hydrogen) atoms. The van der Waals surface area contributed by atoms with Gasteiger partial charge < -0.3 is 14.7 Å². The number of likely N-dealkylation sites (N-methyl/N-ethyl adjacent to an activating group) is 1. The first-order valence-electron chi connectivity index (χ1n) is 9.85. The normalized spacial score (nSPS) is 27.2. The van der Waals surface area contributed by atoms with Crippen molar-refractivity contribution >= 4 is 12.0 Å². The van der Waals surface area contributed by atoms with Crippen LogP contribution in [-0.4, -0.2) is 82.1 Å². The number of aryl methyl sites for hydroxylation is 2. The van der Waals surface area contributed by atoms with Gasteiger partial charge in [-0.3, -0.25) is 14.4 Å². The van der Waals surface area contributed by atoms with Crippen LogP contribution in [0.1, 0.15) is 36.2 Å². The first-order valence-corrected chi connectivity index (χ1v) is 9.85. The summed E-state index contributed by atoms with van der Waals surface area (Å²) in [5, 5.41) is 15.3. The van der Waals surface area contributed by atoms with Crippen molar-refractivity contribution in [1.29, 1.82) is 0 Å². The van der Waals surface area contributed by atoms with E-state index in [0.29, 0.717) is 0 Å². The zero-order chi connectivity index (χ0) is 19.6. The highest BCUT2D eigenvalue weighted by molar-refractivity contribution is 5.92. The van der Waals surface area contributed by atoms with Crippen molar-refractivity contribution in [3.8, 4) is 0 Å². The molecule has 7 nitrogen and oxygen atoms in total. The summed E-state index contributed by atoms with van der Waals surface area (Å²) in [6.07, 6.45) is 5.74. The average Bonchev–Trinajstić information content (AvgIpc) is 2.91. The molecule has 1 saturated carbocycles. The molecule has 2 heterocycles. The fourth-order valence-electron chi connectivity index (χ4n) is 4.33. The fraction of sp³-hybridized carbons (Fsp3) is 0.700. The van der Waals surface area contributed by atoms with Crippen LogP contribution < -0.4 is 0 Å². The molecular formula is C20H32N4O3. The SMILES string of the molecule is Cc1nn(C)c(C)c1/C=C/C(=O)N(C)[C@@H]1CCC[C@@H](N2CCOCC2)[C@@H]1O. The van der Waals surface area contributed by atoms with E-state index in [9.17, 15) is 9.90 Å². The number of hydrogen-bond donors (Lipinski definition) is 1. The van der Waals surface area contributed by atoms with Crippen molar-refractivity contribution in [1.82, 2.24) is 19.6 Å². The van der Waals surface area contributed by atoms with Crippen molar-refractivity contribution in [2.75, 3.05) is 33.4 Å². The lowest BCUT2D eigenvalue weighted by molar-refractivity contribution is -0.133. The minimum absolute atomic E-state index is 0.0793. The number of morpholine rings is 1. The highest BCUT2D eigenvalue weighted by atomic mass is 16.5. The maximum Gasteiger partial charge on any atom is 0.246 e. The van der Waals surface area contributed by atoms with E-state index < -0.39 is 6.10 Å². The molecule has 150 valence electrons. The summed E-state index contributed by atoms with van der Waals surface area (Å²) >= 11 is 0. The van der Waals surface area contributed by atoms with Gasteiger partial charge in [0, 0.05) is 50.6 Å². The van der Waals surface area contributed by atoms with Gasteiger partial charge in [-0.05, 0) is 39.2 Å². The van der Waals surface area contributed by atoms with E-state index in [1.165, 1.54) is 0 Å². The zero-order valence-corrected chi connectivity index (χ0v) is 16.9. The molecule has 1 amide bonds. The van der Waals surface area contributed by atoms with Crippen LogP contribution in [0, 0.1) is 13.8 Å². The summed E-state index contributed by atoms with van der Waals surface area (Å²) in [6.45, 7) is 7.08. The molecule has 0 aromatic carbocycles. The average molecular weight is 377 g/mol. The first kappa shape index (κ1) is 20.0. The van der Waals surface area contributed by atoms with E-state index in [1.807, 2.05) is 31.7 Å². The van der Waals surface area contributed by atoms with Gasteiger partial charge in [0.2, 0.25) is 5.91 Å². The second kappa shape index (κ2) is 8.54. The van der Waals surface area contributed by atoms with Crippen molar-refractivity contribution in [3.05, 3.63) is 23.0 Å². The van der Waals surface area contributed by atoms with Gasteiger partial charge in [-0.1, -0.05) is 0 Å². The van der Waals surface area contributed by atoms with Crippen LogP contribution in [0.15, 0.2) is 6.08 Å². The topological polar surface area (TPSA) is 70.8 Å². The summed E-state index contributed by atoms with van der Waals surface area (Å²) in [4.78, 5) is 16.8. The lowest BCUT2D eigenvalue weighted by atomic mass is 9.86. The molecule has 1 N–H and O–H groups in total. The number of amides is 1. The Balaban J connectivity index is 1.67. The van der Waals surface area contributed by atoms with Crippen LogP contribution in [0.3, 0.4) is 0 Å². The lowest BCUT2D eigenvalue weighted by Gasteiger charge is -2.45. The van der Waals surface area contributed by atoms with Crippen LogP contribution in [0.4, 0.5) is 0 Å². The van der Waals surface area contributed by atoms with E-state index in [-0.39, 0.29) is 18.0 Å².